The summed E-state index contributed by atoms with van der Waals surface area (Å²) in [6.45, 7) is 2.02. The summed E-state index contributed by atoms with van der Waals surface area (Å²) < 4.78 is 15.9. The van der Waals surface area contributed by atoms with Gasteiger partial charge in [0.1, 0.15) is 6.54 Å². The zero-order valence-electron chi connectivity index (χ0n) is 12.3. The van der Waals surface area contributed by atoms with Crippen molar-refractivity contribution in [2.45, 2.75) is 18.9 Å². The highest BCUT2D eigenvalue weighted by Crippen LogP contribution is 2.28. The Balaban J connectivity index is 2.05. The van der Waals surface area contributed by atoms with E-state index in [0.717, 1.165) is 25.9 Å². The summed E-state index contributed by atoms with van der Waals surface area (Å²) in [5.74, 6) is 0.838. The zero-order chi connectivity index (χ0) is 14.5. The summed E-state index contributed by atoms with van der Waals surface area (Å²) in [7, 11) is 5.24. The van der Waals surface area contributed by atoms with Gasteiger partial charge in [-0.1, -0.05) is 0 Å². The maximum absolute atomic E-state index is 12.2. The molecule has 1 aromatic carbocycles. The molecule has 2 atom stereocenters. The van der Waals surface area contributed by atoms with E-state index < -0.39 is 0 Å². The smallest absolute Gasteiger partial charge is 0.338 e. The van der Waals surface area contributed by atoms with Crippen LogP contribution in [0.25, 0.3) is 0 Å². The minimum atomic E-state index is -0.300. The van der Waals surface area contributed by atoms with Gasteiger partial charge in [0.15, 0.2) is 17.6 Å². The predicted octanol–water partition coefficient (Wildman–Crippen LogP) is 0.538. The molecule has 0 aliphatic carbocycles. The van der Waals surface area contributed by atoms with Crippen molar-refractivity contribution in [1.29, 1.82) is 0 Å². The SMILES string of the molecule is COc1ccc(C(=O)O[C@H]2CCC[NH+](C)C2)cc1OC. The van der Waals surface area contributed by atoms with E-state index in [1.54, 1.807) is 32.4 Å². The highest BCUT2D eigenvalue weighted by Gasteiger charge is 2.24. The average molecular weight is 280 g/mol. The molecule has 5 nitrogen and oxygen atoms in total. The number of benzene rings is 1. The molecule has 0 radical (unpaired) electrons. The van der Waals surface area contributed by atoms with Gasteiger partial charge in [0.25, 0.3) is 0 Å². The topological polar surface area (TPSA) is 49.2 Å². The molecule has 0 bridgehead atoms. The Bertz CT molecular complexity index is 475. The molecule has 0 amide bonds. The second-order valence-electron chi connectivity index (χ2n) is 5.15. The Morgan fingerprint density at radius 2 is 2.00 bits per heavy atom. The molecule has 0 saturated carbocycles. The van der Waals surface area contributed by atoms with E-state index in [2.05, 4.69) is 7.05 Å². The zero-order valence-corrected chi connectivity index (χ0v) is 12.3. The van der Waals surface area contributed by atoms with Crippen LogP contribution in [-0.4, -0.2) is 46.4 Å². The van der Waals surface area contributed by atoms with Crippen molar-refractivity contribution in [3.8, 4) is 11.5 Å². The number of quaternary nitrogens is 1. The Labute approximate surface area is 119 Å². The first-order chi connectivity index (χ1) is 9.63. The van der Waals surface area contributed by atoms with Crippen LogP contribution in [0.2, 0.25) is 0 Å². The van der Waals surface area contributed by atoms with Gasteiger partial charge in [-0.25, -0.2) is 4.79 Å². The molecular formula is C15H22NO4+. The fraction of sp³-hybridized carbons (Fsp3) is 0.533. The van der Waals surface area contributed by atoms with Gasteiger partial charge < -0.3 is 19.1 Å². The molecule has 1 aliphatic rings. The average Bonchev–Trinajstić information content (AvgIpc) is 2.46. The maximum Gasteiger partial charge on any atom is 0.338 e. The number of likely N-dealkylation sites (N-methyl/N-ethyl adjacent to an activating group) is 1. The van der Waals surface area contributed by atoms with Gasteiger partial charge in [-0.3, -0.25) is 0 Å². The summed E-state index contributed by atoms with van der Waals surface area (Å²) in [6, 6.07) is 5.07. The van der Waals surface area contributed by atoms with Crippen molar-refractivity contribution in [1.82, 2.24) is 0 Å². The Morgan fingerprint density at radius 3 is 2.65 bits per heavy atom. The molecule has 1 heterocycles. The largest absolute Gasteiger partial charge is 0.493 e. The first-order valence-electron chi connectivity index (χ1n) is 6.88. The van der Waals surface area contributed by atoms with E-state index in [9.17, 15) is 4.79 Å². The van der Waals surface area contributed by atoms with Gasteiger partial charge in [0.05, 0.1) is 33.4 Å². The van der Waals surface area contributed by atoms with E-state index in [-0.39, 0.29) is 12.1 Å². The standard InChI is InChI=1S/C15H21NO4/c1-16-8-4-5-12(10-16)20-15(17)11-6-7-13(18-2)14(9-11)19-3/h6-7,9,12H,4-5,8,10H2,1-3H3/p+1/t12-/m0/s1. The summed E-state index contributed by atoms with van der Waals surface area (Å²) in [4.78, 5) is 13.6. The lowest BCUT2D eigenvalue weighted by Gasteiger charge is -2.26. The molecule has 1 aromatic rings. The number of carbonyl (C=O) groups excluding carboxylic acids is 1. The van der Waals surface area contributed by atoms with Gasteiger partial charge in [-0.2, -0.15) is 0 Å². The second kappa shape index (κ2) is 6.61. The molecule has 110 valence electrons. The number of nitrogens with one attached hydrogen (secondary N) is 1. The van der Waals surface area contributed by atoms with Crippen LogP contribution in [0.3, 0.4) is 0 Å². The quantitative estimate of drug-likeness (QED) is 0.818. The van der Waals surface area contributed by atoms with Gasteiger partial charge in [-0.05, 0) is 24.6 Å². The van der Waals surface area contributed by atoms with Gasteiger partial charge in [0.2, 0.25) is 0 Å². The summed E-state index contributed by atoms with van der Waals surface area (Å²) >= 11 is 0. The van der Waals surface area contributed by atoms with E-state index >= 15 is 0 Å². The van der Waals surface area contributed by atoms with Gasteiger partial charge in [-0.15, -0.1) is 0 Å². The summed E-state index contributed by atoms with van der Waals surface area (Å²) in [5, 5.41) is 0. The molecule has 1 N–H and O–H groups in total. The van der Waals surface area contributed by atoms with Crippen molar-refractivity contribution >= 4 is 5.97 Å². The number of rotatable bonds is 4. The minimum Gasteiger partial charge on any atom is -0.493 e. The van der Waals surface area contributed by atoms with Crippen LogP contribution in [0, 0.1) is 0 Å². The molecule has 2 rings (SSSR count). The van der Waals surface area contributed by atoms with E-state index in [1.165, 1.54) is 4.90 Å². The number of piperidine rings is 1. The monoisotopic (exact) mass is 280 g/mol. The second-order valence-corrected chi connectivity index (χ2v) is 5.15. The molecule has 20 heavy (non-hydrogen) atoms. The summed E-state index contributed by atoms with van der Waals surface area (Å²) in [5.41, 5.74) is 0.492. The van der Waals surface area contributed by atoms with Crippen molar-refractivity contribution < 1.29 is 23.9 Å². The third-order valence-corrected chi connectivity index (χ3v) is 3.60. The predicted molar refractivity (Wildman–Crippen MR) is 74.6 cm³/mol. The molecule has 1 aliphatic heterocycles. The Kier molecular flexibility index (Phi) is 4.84. The molecule has 1 fully saturated rings. The van der Waals surface area contributed by atoms with Crippen LogP contribution in [0.1, 0.15) is 23.2 Å². The molecule has 5 heteroatoms. The van der Waals surface area contributed by atoms with Crippen molar-refractivity contribution in [3.05, 3.63) is 23.8 Å². The van der Waals surface area contributed by atoms with E-state index in [0.29, 0.717) is 17.1 Å². The number of carbonyl (C=O) groups is 1. The number of methoxy groups -OCH3 is 2. The molecule has 0 spiro atoms. The highest BCUT2D eigenvalue weighted by atomic mass is 16.5. The van der Waals surface area contributed by atoms with Crippen molar-refractivity contribution in [2.24, 2.45) is 0 Å². The molecule has 1 unspecified atom stereocenters. The van der Waals surface area contributed by atoms with Crippen LogP contribution in [0.4, 0.5) is 0 Å². The maximum atomic E-state index is 12.2. The van der Waals surface area contributed by atoms with Crippen LogP contribution in [-0.2, 0) is 4.74 Å². The Morgan fingerprint density at radius 1 is 1.25 bits per heavy atom. The number of esters is 1. The van der Waals surface area contributed by atoms with Gasteiger partial charge >= 0.3 is 5.97 Å². The molecule has 1 saturated heterocycles. The first kappa shape index (κ1) is 14.7. The third-order valence-electron chi connectivity index (χ3n) is 3.60. The molecule has 0 aromatic heterocycles. The van der Waals surface area contributed by atoms with Gasteiger partial charge in [0, 0.05) is 6.42 Å². The summed E-state index contributed by atoms with van der Waals surface area (Å²) in [6.07, 6.45) is 2.04. The van der Waals surface area contributed by atoms with E-state index in [4.69, 9.17) is 14.2 Å². The van der Waals surface area contributed by atoms with Crippen LogP contribution >= 0.6 is 0 Å². The number of hydrogen-bond donors (Lipinski definition) is 1. The van der Waals surface area contributed by atoms with Crippen LogP contribution in [0.5, 0.6) is 11.5 Å². The van der Waals surface area contributed by atoms with Crippen LogP contribution < -0.4 is 14.4 Å². The lowest BCUT2D eigenvalue weighted by atomic mass is 10.1. The normalized spacial score (nSPS) is 22.1. The fourth-order valence-corrected chi connectivity index (χ4v) is 2.51. The highest BCUT2D eigenvalue weighted by molar-refractivity contribution is 5.90. The lowest BCUT2D eigenvalue weighted by molar-refractivity contribution is -0.888. The fourth-order valence-electron chi connectivity index (χ4n) is 2.51. The molecular weight excluding hydrogens is 258 g/mol. The lowest BCUT2D eigenvalue weighted by Crippen LogP contribution is -3.11. The van der Waals surface area contributed by atoms with E-state index in [1.807, 2.05) is 0 Å². The number of likely N-dealkylation sites (tertiary alicyclic amines) is 1. The van der Waals surface area contributed by atoms with Crippen LogP contribution in [0.15, 0.2) is 18.2 Å². The Hall–Kier alpha value is -1.75. The minimum absolute atomic E-state index is 0.00402. The van der Waals surface area contributed by atoms with Crippen molar-refractivity contribution in [3.63, 3.8) is 0 Å². The number of ether oxygens (including phenoxy) is 3. The van der Waals surface area contributed by atoms with Crippen molar-refractivity contribution in [2.75, 3.05) is 34.4 Å². The first-order valence-corrected chi connectivity index (χ1v) is 6.88. The number of hydrogen-bond acceptors (Lipinski definition) is 4. The third kappa shape index (κ3) is 3.42.